The third-order valence-corrected chi connectivity index (χ3v) is 17.7. The molecular weight excluding hydrogens is 1130 g/mol. The van der Waals surface area contributed by atoms with Crippen molar-refractivity contribution in [1.29, 1.82) is 0 Å². The lowest BCUT2D eigenvalue weighted by Crippen LogP contribution is -2.49. The Labute approximate surface area is 511 Å². The second kappa shape index (κ2) is 28.8. The number of carbonyl (C=O) groups is 7. The zero-order valence-electron chi connectivity index (χ0n) is 50.6. The molecule has 4 fully saturated rings. The highest BCUT2D eigenvalue weighted by Gasteiger charge is 2.35. The van der Waals surface area contributed by atoms with Crippen LogP contribution in [0.2, 0.25) is 0 Å². The molecule has 7 amide bonds. The number of aromatic nitrogens is 6. The molecule has 10 rings (SSSR count). The van der Waals surface area contributed by atoms with Gasteiger partial charge in [0.1, 0.15) is 24.7 Å². The number of hydrogen-bond acceptors (Lipinski definition) is 15. The highest BCUT2D eigenvalue weighted by atomic mass is 19.1. The monoisotopic (exact) mass is 1210 g/mol. The van der Waals surface area contributed by atoms with Gasteiger partial charge in [0, 0.05) is 87.8 Å². The number of unbranched alkanes of at least 4 members (excludes halogenated alkanes) is 4. The number of aryl methyl sites for hydroxylation is 1. The van der Waals surface area contributed by atoms with Crippen LogP contribution >= 0.6 is 0 Å². The van der Waals surface area contributed by atoms with Crippen molar-refractivity contribution >= 4 is 80.7 Å². The molecule has 0 spiro atoms. The molecular formula is C63H81FN16O8. The average molecular weight is 1210 g/mol. The Bertz CT molecular complexity index is 3500. The third-order valence-electron chi connectivity index (χ3n) is 17.7. The maximum absolute atomic E-state index is 15.9. The van der Waals surface area contributed by atoms with Crippen LogP contribution in [0.1, 0.15) is 105 Å². The molecule has 25 heteroatoms. The smallest absolute Gasteiger partial charge is 0.325 e. The van der Waals surface area contributed by atoms with Crippen LogP contribution < -0.4 is 31.9 Å². The molecule has 0 aliphatic carbocycles. The normalized spacial score (nSPS) is 17.0. The number of hydrogen-bond donors (Lipinski definition) is 5. The fourth-order valence-corrected chi connectivity index (χ4v) is 12.7. The molecule has 6 aromatic rings. The number of ether oxygens (including phenoxy) is 1. The maximum atomic E-state index is 15.9. The molecule has 0 unspecified atom stereocenters. The summed E-state index contributed by atoms with van der Waals surface area (Å²) in [6, 6.07) is 17.0. The predicted octanol–water partition coefficient (Wildman–Crippen LogP) is 5.45. The van der Waals surface area contributed by atoms with Gasteiger partial charge in [-0.3, -0.25) is 43.0 Å². The molecule has 88 heavy (non-hydrogen) atoms. The average Bonchev–Trinajstić information content (AvgIpc) is 1.95. The lowest BCUT2D eigenvalue weighted by Gasteiger charge is -2.37. The standard InChI is InChI=1S/C63H81FN16O8/c1-41-59-48(12-9-13-51(59)80(73-41)40-56(83)67-35-54(81)68-36-58(85)88-3)49-32-52-45(31-50(49)64)33-70-79(52)37-42-19-25-75(26-20-42)39-55(82)66-23-8-6-4-5-7-14-57(84)76-27-21-44(22-28-76)43-15-17-46(18-16-43)71-62-60(61(65)86)69-34-53(72-62)77-24-10-11-47(38-77)78-30-29-74(2)63(78)87/h9,12-13,15-18,31-34,42,44,47H,4-8,10-11,14,19-30,35-40H2,1-3H3,(H2,65,86)(H,66,82)(H,67,83)(H,68,81)(H,71,72)/t47-/m1/s1. The zero-order chi connectivity index (χ0) is 61.8. The van der Waals surface area contributed by atoms with E-state index in [4.69, 9.17) is 10.7 Å². The summed E-state index contributed by atoms with van der Waals surface area (Å²) in [5, 5.41) is 21.9. The van der Waals surface area contributed by atoms with Gasteiger partial charge in [-0.2, -0.15) is 10.2 Å². The summed E-state index contributed by atoms with van der Waals surface area (Å²) < 4.78 is 23.9. The Morgan fingerprint density at radius 3 is 2.26 bits per heavy atom. The minimum Gasteiger partial charge on any atom is -0.468 e. The molecule has 4 saturated heterocycles. The van der Waals surface area contributed by atoms with E-state index >= 15 is 4.39 Å². The van der Waals surface area contributed by atoms with Gasteiger partial charge in [0.05, 0.1) is 55.4 Å². The summed E-state index contributed by atoms with van der Waals surface area (Å²) in [7, 11) is 3.04. The number of likely N-dealkylation sites (tertiary alicyclic amines) is 2. The summed E-state index contributed by atoms with van der Waals surface area (Å²) in [6.07, 6.45) is 13.9. The Morgan fingerprint density at radius 2 is 1.51 bits per heavy atom. The Hall–Kier alpha value is -8.74. The molecule has 24 nitrogen and oxygen atoms in total. The quantitative estimate of drug-likeness (QED) is 0.0352. The number of rotatable bonds is 25. The second-order valence-electron chi connectivity index (χ2n) is 23.7. The number of urea groups is 1. The first-order valence-corrected chi connectivity index (χ1v) is 30.9. The van der Waals surface area contributed by atoms with E-state index in [1.54, 1.807) is 30.3 Å². The molecule has 0 bridgehead atoms. The Morgan fingerprint density at radius 1 is 0.761 bits per heavy atom. The van der Waals surface area contributed by atoms with Crippen molar-refractivity contribution in [3.8, 4) is 11.1 Å². The van der Waals surface area contributed by atoms with Crippen molar-refractivity contribution in [3.05, 3.63) is 89.8 Å². The predicted molar refractivity (Wildman–Crippen MR) is 330 cm³/mol. The fraction of sp³-hybridized carbons (Fsp3) is 0.508. The summed E-state index contributed by atoms with van der Waals surface area (Å²) in [5.74, 6) is -0.919. The fourth-order valence-electron chi connectivity index (χ4n) is 12.7. The second-order valence-corrected chi connectivity index (χ2v) is 23.7. The number of anilines is 3. The summed E-state index contributed by atoms with van der Waals surface area (Å²) in [4.78, 5) is 107. The number of esters is 1. The molecule has 0 saturated carbocycles. The number of amides is 7. The van der Waals surface area contributed by atoms with E-state index in [1.807, 2.05) is 51.9 Å². The van der Waals surface area contributed by atoms with Gasteiger partial charge in [0.15, 0.2) is 11.5 Å². The number of primary amides is 1. The number of carbonyl (C=O) groups excluding carboxylic acids is 7. The topological polar surface area (TPSA) is 280 Å². The van der Waals surface area contributed by atoms with Crippen molar-refractivity contribution in [2.75, 3.05) is 103 Å². The van der Waals surface area contributed by atoms with Crippen LogP contribution in [0.4, 0.5) is 26.5 Å². The first-order valence-electron chi connectivity index (χ1n) is 30.9. The molecule has 6 N–H and O–H groups in total. The molecule has 4 aliphatic heterocycles. The number of nitrogens with two attached hydrogens (primary N) is 1. The molecule has 7 heterocycles. The molecule has 3 aromatic heterocycles. The van der Waals surface area contributed by atoms with Gasteiger partial charge in [-0.15, -0.1) is 0 Å². The number of fused-ring (bicyclic) bond motifs is 2. The van der Waals surface area contributed by atoms with E-state index in [9.17, 15) is 33.6 Å². The highest BCUT2D eigenvalue weighted by molar-refractivity contribution is 6.00. The lowest BCUT2D eigenvalue weighted by atomic mass is 9.89. The first kappa shape index (κ1) is 62.3. The van der Waals surface area contributed by atoms with Crippen LogP contribution in [-0.4, -0.2) is 189 Å². The largest absolute Gasteiger partial charge is 0.468 e. The van der Waals surface area contributed by atoms with Crippen molar-refractivity contribution in [3.63, 3.8) is 0 Å². The van der Waals surface area contributed by atoms with Crippen molar-refractivity contribution in [2.24, 2.45) is 11.7 Å². The molecule has 468 valence electrons. The number of nitrogens with one attached hydrogen (secondary N) is 4. The number of likely N-dealkylation sites (N-methyl/N-ethyl adjacent to an activating group) is 1. The van der Waals surface area contributed by atoms with E-state index < -0.39 is 29.5 Å². The van der Waals surface area contributed by atoms with Gasteiger partial charge < -0.3 is 51.3 Å². The highest BCUT2D eigenvalue weighted by Crippen LogP contribution is 2.36. The SMILES string of the molecule is COC(=O)CNC(=O)CNC(=O)Cn1nc(C)c2c(-c3cc4c(cnn4CC4CCN(CC(=O)NCCCCCCCC(=O)N5CCC(c6ccc(Nc7nc(N8CCC[C@@H](N9CCN(C)C9=O)C8)cnc7C(N)=O)cc6)CC5)CC4)cc3F)cccc21. The van der Waals surface area contributed by atoms with Gasteiger partial charge in [-0.25, -0.2) is 19.2 Å². The van der Waals surface area contributed by atoms with E-state index in [0.29, 0.717) is 96.5 Å². The number of nitrogens with zero attached hydrogens (tertiary/aromatic N) is 11. The van der Waals surface area contributed by atoms with Crippen LogP contribution in [0.3, 0.4) is 0 Å². The molecule has 3 aromatic carbocycles. The van der Waals surface area contributed by atoms with E-state index in [0.717, 1.165) is 115 Å². The van der Waals surface area contributed by atoms with Crippen molar-refractivity contribution < 1.29 is 42.7 Å². The van der Waals surface area contributed by atoms with Crippen LogP contribution in [0.5, 0.6) is 0 Å². The third kappa shape index (κ3) is 15.3. The van der Waals surface area contributed by atoms with Gasteiger partial charge in [-0.1, -0.05) is 43.5 Å². The zero-order valence-corrected chi connectivity index (χ0v) is 50.6. The van der Waals surface area contributed by atoms with Crippen LogP contribution in [0.25, 0.3) is 32.9 Å². The Kier molecular flexibility index (Phi) is 20.4. The minimum atomic E-state index is -0.677. The number of halogens is 1. The Balaban J connectivity index is 0.594. The maximum Gasteiger partial charge on any atom is 0.325 e. The number of piperidine rings is 3. The lowest BCUT2D eigenvalue weighted by molar-refractivity contribution is -0.141. The van der Waals surface area contributed by atoms with Crippen molar-refractivity contribution in [2.45, 2.75) is 109 Å². The van der Waals surface area contributed by atoms with Gasteiger partial charge >= 0.3 is 12.0 Å². The molecule has 0 radical (unpaired) electrons. The number of benzene rings is 3. The summed E-state index contributed by atoms with van der Waals surface area (Å²) >= 11 is 0. The van der Waals surface area contributed by atoms with Gasteiger partial charge in [-0.05, 0) is 125 Å². The van der Waals surface area contributed by atoms with Gasteiger partial charge in [0.25, 0.3) is 5.91 Å². The summed E-state index contributed by atoms with van der Waals surface area (Å²) in [5.41, 5.74) is 10.8. The summed E-state index contributed by atoms with van der Waals surface area (Å²) in [6.45, 7) is 8.43. The number of methoxy groups -OCH3 is 1. The van der Waals surface area contributed by atoms with Crippen LogP contribution in [-0.2, 0) is 41.8 Å². The van der Waals surface area contributed by atoms with E-state index in [1.165, 1.54) is 23.4 Å². The minimum absolute atomic E-state index is 0.0220. The van der Waals surface area contributed by atoms with Crippen LogP contribution in [0.15, 0.2) is 67.0 Å². The van der Waals surface area contributed by atoms with Crippen molar-refractivity contribution in [1.82, 2.24) is 65.1 Å². The first-order chi connectivity index (χ1) is 42.6. The van der Waals surface area contributed by atoms with Crippen LogP contribution in [0, 0.1) is 18.7 Å². The van der Waals surface area contributed by atoms with E-state index in [-0.39, 0.29) is 55.0 Å². The van der Waals surface area contributed by atoms with E-state index in [2.05, 4.69) is 63.1 Å². The molecule has 1 atom stereocenters. The molecule has 4 aliphatic rings. The van der Waals surface area contributed by atoms with Gasteiger partial charge in [0.2, 0.25) is 23.6 Å².